The number of aromatic nitrogens is 1. The van der Waals surface area contributed by atoms with Crippen molar-refractivity contribution in [2.45, 2.75) is 32.7 Å². The van der Waals surface area contributed by atoms with Crippen LogP contribution in [0.15, 0.2) is 22.2 Å². The summed E-state index contributed by atoms with van der Waals surface area (Å²) >= 11 is 3.50. The highest BCUT2D eigenvalue weighted by Gasteiger charge is 2.13. The molecule has 0 aliphatic carbocycles. The summed E-state index contributed by atoms with van der Waals surface area (Å²) in [6.07, 6.45) is 2.24. The van der Waals surface area contributed by atoms with Crippen molar-refractivity contribution in [3.63, 3.8) is 0 Å². The molecule has 0 saturated carbocycles. The van der Waals surface area contributed by atoms with E-state index < -0.39 is 0 Å². The van der Waals surface area contributed by atoms with E-state index >= 15 is 0 Å². The number of thiazole rings is 1. The van der Waals surface area contributed by atoms with Gasteiger partial charge in [-0.25, -0.2) is 4.98 Å². The number of rotatable bonds is 6. The topological polar surface area (TPSA) is 24.9 Å². The van der Waals surface area contributed by atoms with Crippen LogP contribution >= 0.6 is 22.7 Å². The first-order valence-corrected chi connectivity index (χ1v) is 7.78. The summed E-state index contributed by atoms with van der Waals surface area (Å²) in [5, 5.41) is 11.2. The summed E-state index contributed by atoms with van der Waals surface area (Å²) in [5.41, 5.74) is 2.63. The third kappa shape index (κ3) is 3.63. The molecule has 2 nitrogen and oxygen atoms in total. The maximum atomic E-state index is 4.59. The van der Waals surface area contributed by atoms with Crippen LogP contribution in [-0.2, 0) is 6.42 Å². The standard InChI is InChI=1S/C13H18N2S2/c1-3-14-12(13-9-17-10(2)15-13)5-4-11-6-7-16-8-11/h6-9,12,14H,3-5H2,1-2H3. The fraction of sp³-hybridized carbons (Fsp3) is 0.462. The molecule has 0 amide bonds. The van der Waals surface area contributed by atoms with Crippen molar-refractivity contribution in [1.82, 2.24) is 10.3 Å². The zero-order valence-corrected chi connectivity index (χ0v) is 11.9. The normalized spacial score (nSPS) is 12.8. The van der Waals surface area contributed by atoms with Gasteiger partial charge in [0, 0.05) is 5.38 Å². The van der Waals surface area contributed by atoms with Crippen LogP contribution in [-0.4, -0.2) is 11.5 Å². The van der Waals surface area contributed by atoms with Crippen molar-refractivity contribution in [2.24, 2.45) is 0 Å². The zero-order valence-electron chi connectivity index (χ0n) is 10.3. The van der Waals surface area contributed by atoms with Gasteiger partial charge in [-0.1, -0.05) is 6.92 Å². The van der Waals surface area contributed by atoms with Crippen molar-refractivity contribution in [3.05, 3.63) is 38.5 Å². The Hall–Kier alpha value is -0.710. The van der Waals surface area contributed by atoms with Gasteiger partial charge in [0.1, 0.15) is 0 Å². The van der Waals surface area contributed by atoms with E-state index in [4.69, 9.17) is 0 Å². The molecule has 0 aliphatic rings. The predicted octanol–water partition coefficient (Wildman–Crippen LogP) is 3.80. The summed E-state index contributed by atoms with van der Waals surface area (Å²) in [7, 11) is 0. The Morgan fingerprint density at radius 3 is 2.88 bits per heavy atom. The van der Waals surface area contributed by atoms with Gasteiger partial charge in [0.25, 0.3) is 0 Å². The minimum atomic E-state index is 0.393. The van der Waals surface area contributed by atoms with Crippen molar-refractivity contribution in [3.8, 4) is 0 Å². The summed E-state index contributed by atoms with van der Waals surface area (Å²) < 4.78 is 0. The molecule has 1 N–H and O–H groups in total. The fourth-order valence-electron chi connectivity index (χ4n) is 1.89. The molecule has 92 valence electrons. The first-order valence-electron chi connectivity index (χ1n) is 5.96. The summed E-state index contributed by atoms with van der Waals surface area (Å²) in [6.45, 7) is 5.21. The predicted molar refractivity (Wildman–Crippen MR) is 75.9 cm³/mol. The zero-order chi connectivity index (χ0) is 12.1. The third-order valence-corrected chi connectivity index (χ3v) is 4.27. The molecule has 1 unspecified atom stereocenters. The lowest BCUT2D eigenvalue weighted by molar-refractivity contribution is 0.506. The average molecular weight is 266 g/mol. The van der Waals surface area contributed by atoms with Crippen LogP contribution in [0, 0.1) is 6.92 Å². The molecular formula is C13H18N2S2. The van der Waals surface area contributed by atoms with Crippen molar-refractivity contribution in [2.75, 3.05) is 6.54 Å². The second kappa shape index (κ2) is 6.28. The molecule has 0 aliphatic heterocycles. The summed E-state index contributed by atoms with van der Waals surface area (Å²) in [5.74, 6) is 0. The van der Waals surface area contributed by atoms with E-state index in [2.05, 4.69) is 46.4 Å². The van der Waals surface area contributed by atoms with Gasteiger partial charge in [-0.05, 0) is 48.7 Å². The highest BCUT2D eigenvalue weighted by atomic mass is 32.1. The lowest BCUT2D eigenvalue weighted by Crippen LogP contribution is -2.21. The largest absolute Gasteiger partial charge is 0.309 e. The number of nitrogens with zero attached hydrogens (tertiary/aromatic N) is 1. The smallest absolute Gasteiger partial charge is 0.0898 e. The van der Waals surface area contributed by atoms with Crippen molar-refractivity contribution >= 4 is 22.7 Å². The van der Waals surface area contributed by atoms with Crippen LogP contribution in [0.1, 0.15) is 35.7 Å². The van der Waals surface area contributed by atoms with Gasteiger partial charge in [0.15, 0.2) is 0 Å². The second-order valence-corrected chi connectivity index (χ2v) is 5.91. The molecule has 2 aromatic heterocycles. The Kier molecular flexibility index (Phi) is 4.71. The Bertz CT molecular complexity index is 434. The molecule has 4 heteroatoms. The molecule has 2 heterocycles. The first kappa shape index (κ1) is 12.7. The van der Waals surface area contributed by atoms with Gasteiger partial charge in [-0.3, -0.25) is 0 Å². The number of aryl methyl sites for hydroxylation is 2. The van der Waals surface area contributed by atoms with E-state index in [0.717, 1.165) is 24.4 Å². The number of nitrogens with one attached hydrogen (secondary N) is 1. The molecule has 0 saturated heterocycles. The average Bonchev–Trinajstić information content (AvgIpc) is 2.95. The lowest BCUT2D eigenvalue weighted by Gasteiger charge is -2.15. The van der Waals surface area contributed by atoms with E-state index in [-0.39, 0.29) is 0 Å². The molecule has 0 spiro atoms. The van der Waals surface area contributed by atoms with Crippen LogP contribution in [0.2, 0.25) is 0 Å². The van der Waals surface area contributed by atoms with Crippen molar-refractivity contribution < 1.29 is 0 Å². The highest BCUT2D eigenvalue weighted by molar-refractivity contribution is 7.09. The first-order chi connectivity index (χ1) is 8.29. The van der Waals surface area contributed by atoms with Crippen LogP contribution in [0.5, 0.6) is 0 Å². The van der Waals surface area contributed by atoms with Crippen molar-refractivity contribution in [1.29, 1.82) is 0 Å². The minimum Gasteiger partial charge on any atom is -0.309 e. The van der Waals surface area contributed by atoms with E-state index in [1.54, 1.807) is 22.7 Å². The van der Waals surface area contributed by atoms with Gasteiger partial charge < -0.3 is 5.32 Å². The molecule has 0 aromatic carbocycles. The van der Waals surface area contributed by atoms with Crippen LogP contribution in [0.25, 0.3) is 0 Å². The molecule has 0 radical (unpaired) electrons. The van der Waals surface area contributed by atoms with Gasteiger partial charge in [0.2, 0.25) is 0 Å². The van der Waals surface area contributed by atoms with Crippen LogP contribution in [0.4, 0.5) is 0 Å². The maximum Gasteiger partial charge on any atom is 0.0898 e. The summed E-state index contributed by atoms with van der Waals surface area (Å²) in [6, 6.07) is 2.60. The van der Waals surface area contributed by atoms with E-state index in [9.17, 15) is 0 Å². The van der Waals surface area contributed by atoms with E-state index in [1.807, 2.05) is 0 Å². The molecule has 0 bridgehead atoms. The van der Waals surface area contributed by atoms with E-state index in [0.29, 0.717) is 6.04 Å². The van der Waals surface area contributed by atoms with Crippen LogP contribution in [0.3, 0.4) is 0 Å². The van der Waals surface area contributed by atoms with Crippen LogP contribution < -0.4 is 5.32 Å². The minimum absolute atomic E-state index is 0.393. The lowest BCUT2D eigenvalue weighted by atomic mass is 10.1. The molecular weight excluding hydrogens is 248 g/mol. The quantitative estimate of drug-likeness (QED) is 0.860. The fourth-order valence-corrected chi connectivity index (χ4v) is 3.26. The highest BCUT2D eigenvalue weighted by Crippen LogP contribution is 2.21. The van der Waals surface area contributed by atoms with Gasteiger partial charge in [-0.15, -0.1) is 11.3 Å². The molecule has 0 fully saturated rings. The molecule has 17 heavy (non-hydrogen) atoms. The number of thiophene rings is 1. The number of hydrogen-bond acceptors (Lipinski definition) is 4. The summed E-state index contributed by atoms with van der Waals surface area (Å²) in [4.78, 5) is 4.59. The second-order valence-electron chi connectivity index (χ2n) is 4.07. The Morgan fingerprint density at radius 1 is 1.41 bits per heavy atom. The molecule has 2 rings (SSSR count). The van der Waals surface area contributed by atoms with Gasteiger partial charge in [-0.2, -0.15) is 11.3 Å². The Balaban J connectivity index is 1.97. The molecule has 2 aromatic rings. The van der Waals surface area contributed by atoms with Gasteiger partial charge in [0.05, 0.1) is 16.7 Å². The SMILES string of the molecule is CCNC(CCc1ccsc1)c1csc(C)n1. The number of hydrogen-bond donors (Lipinski definition) is 1. The van der Waals surface area contributed by atoms with E-state index in [1.165, 1.54) is 11.3 Å². The monoisotopic (exact) mass is 266 g/mol. The van der Waals surface area contributed by atoms with Gasteiger partial charge >= 0.3 is 0 Å². The Morgan fingerprint density at radius 2 is 2.29 bits per heavy atom. The third-order valence-electron chi connectivity index (χ3n) is 2.75. The molecule has 1 atom stereocenters. The Labute approximate surface area is 111 Å². The maximum absolute atomic E-state index is 4.59.